The zero-order chi connectivity index (χ0) is 14.2. The van der Waals surface area contributed by atoms with E-state index in [0.29, 0.717) is 12.1 Å². The Bertz CT molecular complexity index is 580. The highest BCUT2D eigenvalue weighted by Gasteiger charge is 2.41. The number of halogens is 4. The molecule has 1 aromatic rings. The molecule has 1 aliphatic rings. The number of hydrogen-bond acceptors (Lipinski definition) is 2. The van der Waals surface area contributed by atoms with E-state index >= 15 is 0 Å². The number of hydrogen-bond donors (Lipinski definition) is 0. The lowest BCUT2D eigenvalue weighted by atomic mass is 10.1. The minimum Gasteiger partial charge on any atom is -0.332 e. The van der Waals surface area contributed by atoms with E-state index in [9.17, 15) is 22.4 Å². The summed E-state index contributed by atoms with van der Waals surface area (Å²) >= 11 is 0. The van der Waals surface area contributed by atoms with E-state index in [2.05, 4.69) is 0 Å². The summed E-state index contributed by atoms with van der Waals surface area (Å²) in [5, 5.41) is 8.76. The summed E-state index contributed by atoms with van der Waals surface area (Å²) in [6.45, 7) is -1.05. The highest BCUT2D eigenvalue weighted by atomic mass is 19.3. The Labute approximate surface area is 106 Å². The van der Waals surface area contributed by atoms with Crippen molar-refractivity contribution in [2.75, 3.05) is 13.1 Å². The number of nitrogens with zero attached hydrogens (tertiary/aromatic N) is 2. The molecule has 0 aliphatic carbocycles. The summed E-state index contributed by atoms with van der Waals surface area (Å²) in [5.74, 6) is -6.26. The van der Waals surface area contributed by atoms with E-state index in [4.69, 9.17) is 5.26 Å². The van der Waals surface area contributed by atoms with E-state index in [1.54, 1.807) is 0 Å². The molecule has 0 N–H and O–H groups in total. The average Bonchev–Trinajstić information content (AvgIpc) is 2.68. The summed E-state index contributed by atoms with van der Waals surface area (Å²) < 4.78 is 52.5. The highest BCUT2D eigenvalue weighted by molar-refractivity contribution is 5.97. The van der Waals surface area contributed by atoms with Gasteiger partial charge in [0.05, 0.1) is 17.7 Å². The summed E-state index contributed by atoms with van der Waals surface area (Å²) in [6.07, 6.45) is -0.510. The first-order valence-corrected chi connectivity index (χ1v) is 5.40. The van der Waals surface area contributed by atoms with Crippen LogP contribution in [0.3, 0.4) is 0 Å². The Kier molecular flexibility index (Phi) is 3.18. The van der Waals surface area contributed by atoms with Gasteiger partial charge in [-0.05, 0) is 6.07 Å². The van der Waals surface area contributed by atoms with Crippen molar-refractivity contribution in [2.24, 2.45) is 0 Å². The minimum atomic E-state index is -3.01. The number of amides is 1. The van der Waals surface area contributed by atoms with Crippen LogP contribution < -0.4 is 0 Å². The van der Waals surface area contributed by atoms with Crippen LogP contribution in [0.15, 0.2) is 12.1 Å². The Balaban J connectivity index is 2.38. The molecule has 0 unspecified atom stereocenters. The largest absolute Gasteiger partial charge is 0.332 e. The molecule has 0 aromatic heterocycles. The van der Waals surface area contributed by atoms with Gasteiger partial charge in [0.25, 0.3) is 11.8 Å². The molecule has 19 heavy (non-hydrogen) atoms. The number of benzene rings is 1. The standard InChI is InChI=1S/C12H8F4N2O/c13-8-3-7(5-17)10(9(14)4-8)11(19)18-2-1-12(15,16)6-18/h3-4H,1-2,6H2. The van der Waals surface area contributed by atoms with Crippen LogP contribution in [-0.4, -0.2) is 29.8 Å². The van der Waals surface area contributed by atoms with Gasteiger partial charge in [0.15, 0.2) is 0 Å². The zero-order valence-corrected chi connectivity index (χ0v) is 9.59. The highest BCUT2D eigenvalue weighted by Crippen LogP contribution is 2.29. The van der Waals surface area contributed by atoms with Crippen molar-refractivity contribution in [2.45, 2.75) is 12.3 Å². The van der Waals surface area contributed by atoms with Crippen LogP contribution in [-0.2, 0) is 0 Å². The van der Waals surface area contributed by atoms with Crippen molar-refractivity contribution < 1.29 is 22.4 Å². The predicted molar refractivity (Wildman–Crippen MR) is 56.5 cm³/mol. The van der Waals surface area contributed by atoms with E-state index < -0.39 is 47.6 Å². The molecule has 0 bridgehead atoms. The normalized spacial score (nSPS) is 17.3. The van der Waals surface area contributed by atoms with Gasteiger partial charge < -0.3 is 4.90 Å². The lowest BCUT2D eigenvalue weighted by Gasteiger charge is -2.17. The molecule has 0 radical (unpaired) electrons. The lowest BCUT2D eigenvalue weighted by Crippen LogP contribution is -2.32. The second-order valence-electron chi connectivity index (χ2n) is 4.25. The SMILES string of the molecule is N#Cc1cc(F)cc(F)c1C(=O)N1CCC(F)(F)C1. The maximum Gasteiger partial charge on any atom is 0.267 e. The number of rotatable bonds is 1. The number of alkyl halides is 2. The topological polar surface area (TPSA) is 44.1 Å². The van der Waals surface area contributed by atoms with E-state index in [-0.39, 0.29) is 6.54 Å². The molecule has 1 amide bonds. The Morgan fingerprint density at radius 2 is 2.05 bits per heavy atom. The molecule has 0 saturated carbocycles. The van der Waals surface area contributed by atoms with Crippen molar-refractivity contribution in [1.29, 1.82) is 5.26 Å². The Morgan fingerprint density at radius 1 is 1.37 bits per heavy atom. The van der Waals surface area contributed by atoms with Crippen LogP contribution >= 0.6 is 0 Å². The van der Waals surface area contributed by atoms with Gasteiger partial charge in [-0.3, -0.25) is 4.79 Å². The maximum atomic E-state index is 13.6. The van der Waals surface area contributed by atoms with Gasteiger partial charge in [-0.1, -0.05) is 0 Å². The van der Waals surface area contributed by atoms with Gasteiger partial charge in [0, 0.05) is 19.0 Å². The van der Waals surface area contributed by atoms with E-state index in [1.807, 2.05) is 0 Å². The van der Waals surface area contributed by atoms with Crippen LogP contribution in [0, 0.1) is 23.0 Å². The summed E-state index contributed by atoms with van der Waals surface area (Å²) in [6, 6.07) is 2.63. The van der Waals surface area contributed by atoms with Crippen molar-refractivity contribution in [3.8, 4) is 6.07 Å². The molecule has 1 aliphatic heterocycles. The molecule has 0 atom stereocenters. The maximum absolute atomic E-state index is 13.6. The third-order valence-corrected chi connectivity index (χ3v) is 2.85. The van der Waals surface area contributed by atoms with Gasteiger partial charge in [-0.15, -0.1) is 0 Å². The molecular formula is C12H8F4N2O. The molecule has 1 fully saturated rings. The monoisotopic (exact) mass is 272 g/mol. The first-order valence-electron chi connectivity index (χ1n) is 5.40. The molecule has 1 heterocycles. The second-order valence-corrected chi connectivity index (χ2v) is 4.25. The molecule has 1 saturated heterocycles. The molecule has 3 nitrogen and oxygen atoms in total. The van der Waals surface area contributed by atoms with Gasteiger partial charge in [0.2, 0.25) is 0 Å². The first-order chi connectivity index (χ1) is 8.84. The Morgan fingerprint density at radius 3 is 2.58 bits per heavy atom. The minimum absolute atomic E-state index is 0.229. The van der Waals surface area contributed by atoms with Crippen LogP contribution in [0.4, 0.5) is 17.6 Å². The number of carbonyl (C=O) groups is 1. The number of nitriles is 1. The lowest BCUT2D eigenvalue weighted by molar-refractivity contribution is 0.0119. The van der Waals surface area contributed by atoms with Crippen molar-refractivity contribution in [3.63, 3.8) is 0 Å². The predicted octanol–water partition coefficient (Wildman–Crippen LogP) is 2.32. The van der Waals surface area contributed by atoms with Crippen LogP contribution in [0.2, 0.25) is 0 Å². The van der Waals surface area contributed by atoms with Gasteiger partial charge in [-0.25, -0.2) is 17.6 Å². The Hall–Kier alpha value is -2.10. The molecule has 100 valence electrons. The van der Waals surface area contributed by atoms with Gasteiger partial charge >= 0.3 is 0 Å². The average molecular weight is 272 g/mol. The van der Waals surface area contributed by atoms with Crippen LogP contribution in [0.25, 0.3) is 0 Å². The fourth-order valence-corrected chi connectivity index (χ4v) is 1.95. The van der Waals surface area contributed by atoms with Crippen LogP contribution in [0.1, 0.15) is 22.3 Å². The molecular weight excluding hydrogens is 264 g/mol. The fraction of sp³-hybridized carbons (Fsp3) is 0.333. The summed E-state index contributed by atoms with van der Waals surface area (Å²) in [7, 11) is 0. The third kappa shape index (κ3) is 2.52. The van der Waals surface area contributed by atoms with Crippen molar-refractivity contribution >= 4 is 5.91 Å². The van der Waals surface area contributed by atoms with Crippen LogP contribution in [0.5, 0.6) is 0 Å². The first kappa shape index (κ1) is 13.3. The number of likely N-dealkylation sites (tertiary alicyclic amines) is 1. The van der Waals surface area contributed by atoms with Crippen molar-refractivity contribution in [1.82, 2.24) is 4.90 Å². The summed E-state index contributed by atoms with van der Waals surface area (Å²) in [4.78, 5) is 12.7. The van der Waals surface area contributed by atoms with E-state index in [1.165, 1.54) is 6.07 Å². The smallest absolute Gasteiger partial charge is 0.267 e. The van der Waals surface area contributed by atoms with Gasteiger partial charge in [0.1, 0.15) is 17.7 Å². The third-order valence-electron chi connectivity index (χ3n) is 2.85. The fourth-order valence-electron chi connectivity index (χ4n) is 1.95. The van der Waals surface area contributed by atoms with Gasteiger partial charge in [-0.2, -0.15) is 5.26 Å². The second kappa shape index (κ2) is 4.53. The molecule has 7 heteroatoms. The molecule has 0 spiro atoms. The quantitative estimate of drug-likeness (QED) is 0.736. The molecule has 1 aromatic carbocycles. The zero-order valence-electron chi connectivity index (χ0n) is 9.59. The molecule has 2 rings (SSSR count). The summed E-state index contributed by atoms with van der Waals surface area (Å²) in [5.41, 5.74) is -1.17. The number of carbonyl (C=O) groups excluding carboxylic acids is 1. The van der Waals surface area contributed by atoms with E-state index in [0.717, 1.165) is 4.90 Å². The van der Waals surface area contributed by atoms with Crippen molar-refractivity contribution in [3.05, 3.63) is 34.9 Å².